The Morgan fingerprint density at radius 3 is 2.41 bits per heavy atom. The molecule has 6 heteroatoms. The minimum atomic E-state index is -3.68. The molecule has 0 amide bonds. The van der Waals surface area contributed by atoms with Gasteiger partial charge >= 0.3 is 0 Å². The summed E-state index contributed by atoms with van der Waals surface area (Å²) in [6, 6.07) is 14.5. The second kappa shape index (κ2) is 6.79. The van der Waals surface area contributed by atoms with Crippen molar-refractivity contribution in [2.75, 3.05) is 7.05 Å². The number of primary sulfonamides is 1. The standard InChI is InChI=1S/C16H19ClN2O2S/c1-12(14-4-3-5-16(10-14)22(18,20)21)19(2)11-13-6-8-15(17)9-7-13/h3-10,12H,11H2,1-2H3,(H2,18,20,21)/t12-/m0/s1. The summed E-state index contributed by atoms with van der Waals surface area (Å²) in [5.74, 6) is 0. The van der Waals surface area contributed by atoms with Gasteiger partial charge in [0.1, 0.15) is 0 Å². The quantitative estimate of drug-likeness (QED) is 0.910. The third kappa shape index (κ3) is 4.30. The van der Waals surface area contributed by atoms with Crippen LogP contribution in [0.15, 0.2) is 53.4 Å². The highest BCUT2D eigenvalue weighted by molar-refractivity contribution is 7.89. The van der Waals surface area contributed by atoms with Crippen LogP contribution in [0, 0.1) is 0 Å². The Kier molecular flexibility index (Phi) is 5.24. The van der Waals surface area contributed by atoms with Crippen LogP contribution >= 0.6 is 11.6 Å². The van der Waals surface area contributed by atoms with Gasteiger partial charge in [0.25, 0.3) is 0 Å². The van der Waals surface area contributed by atoms with E-state index in [1.54, 1.807) is 12.1 Å². The molecule has 2 aromatic rings. The van der Waals surface area contributed by atoms with E-state index in [1.165, 1.54) is 6.07 Å². The van der Waals surface area contributed by atoms with E-state index in [4.69, 9.17) is 16.7 Å². The molecular weight excluding hydrogens is 320 g/mol. The Balaban J connectivity index is 2.16. The third-order valence-electron chi connectivity index (χ3n) is 3.68. The van der Waals surface area contributed by atoms with E-state index < -0.39 is 10.0 Å². The summed E-state index contributed by atoms with van der Waals surface area (Å²) in [7, 11) is -1.69. The maximum Gasteiger partial charge on any atom is 0.238 e. The first kappa shape index (κ1) is 17.0. The minimum Gasteiger partial charge on any atom is -0.295 e. The molecule has 2 aromatic carbocycles. The Bertz CT molecular complexity index is 745. The lowest BCUT2D eigenvalue weighted by Crippen LogP contribution is -2.22. The Morgan fingerprint density at radius 2 is 1.82 bits per heavy atom. The van der Waals surface area contributed by atoms with Crippen molar-refractivity contribution in [1.82, 2.24) is 4.90 Å². The smallest absolute Gasteiger partial charge is 0.238 e. The number of sulfonamides is 1. The monoisotopic (exact) mass is 338 g/mol. The number of nitrogens with two attached hydrogens (primary N) is 1. The molecule has 0 aliphatic heterocycles. The van der Waals surface area contributed by atoms with Gasteiger partial charge < -0.3 is 0 Å². The third-order valence-corrected chi connectivity index (χ3v) is 4.84. The van der Waals surface area contributed by atoms with Gasteiger partial charge in [-0.15, -0.1) is 0 Å². The van der Waals surface area contributed by atoms with Crippen LogP contribution in [0.1, 0.15) is 24.1 Å². The second-order valence-corrected chi connectivity index (χ2v) is 7.33. The zero-order valence-corrected chi connectivity index (χ0v) is 14.1. The van der Waals surface area contributed by atoms with Crippen molar-refractivity contribution in [3.05, 3.63) is 64.7 Å². The van der Waals surface area contributed by atoms with E-state index in [-0.39, 0.29) is 10.9 Å². The number of hydrogen-bond acceptors (Lipinski definition) is 3. The molecular formula is C16H19ClN2O2S. The zero-order chi connectivity index (χ0) is 16.3. The van der Waals surface area contributed by atoms with Gasteiger partial charge in [-0.3, -0.25) is 4.90 Å². The average molecular weight is 339 g/mol. The van der Waals surface area contributed by atoms with Gasteiger partial charge in [0, 0.05) is 17.6 Å². The van der Waals surface area contributed by atoms with E-state index in [0.29, 0.717) is 5.02 Å². The van der Waals surface area contributed by atoms with Gasteiger partial charge in [0.15, 0.2) is 0 Å². The topological polar surface area (TPSA) is 63.4 Å². The normalized spacial score (nSPS) is 13.3. The number of hydrogen-bond donors (Lipinski definition) is 1. The van der Waals surface area contributed by atoms with E-state index in [2.05, 4.69) is 4.90 Å². The molecule has 2 rings (SSSR count). The van der Waals surface area contributed by atoms with Crippen molar-refractivity contribution in [2.45, 2.75) is 24.4 Å². The Hall–Kier alpha value is -1.40. The van der Waals surface area contributed by atoms with Crippen molar-refractivity contribution in [3.8, 4) is 0 Å². The van der Waals surface area contributed by atoms with Gasteiger partial charge in [-0.1, -0.05) is 35.9 Å². The number of nitrogens with zero attached hydrogens (tertiary/aromatic N) is 1. The lowest BCUT2D eigenvalue weighted by molar-refractivity contribution is 0.253. The summed E-state index contributed by atoms with van der Waals surface area (Å²) >= 11 is 5.88. The predicted molar refractivity (Wildman–Crippen MR) is 89.1 cm³/mol. The van der Waals surface area contributed by atoms with Crippen molar-refractivity contribution < 1.29 is 8.42 Å². The molecule has 0 unspecified atom stereocenters. The minimum absolute atomic E-state index is 0.0531. The van der Waals surface area contributed by atoms with Crippen LogP contribution in [0.5, 0.6) is 0 Å². The number of halogens is 1. The zero-order valence-electron chi connectivity index (χ0n) is 12.5. The summed E-state index contributed by atoms with van der Waals surface area (Å²) in [5.41, 5.74) is 2.05. The van der Waals surface area contributed by atoms with Gasteiger partial charge in [0.2, 0.25) is 10.0 Å². The van der Waals surface area contributed by atoms with Gasteiger partial charge in [-0.05, 0) is 49.4 Å². The van der Waals surface area contributed by atoms with E-state index in [9.17, 15) is 8.42 Å². The molecule has 2 N–H and O–H groups in total. The van der Waals surface area contributed by atoms with Crippen molar-refractivity contribution in [2.24, 2.45) is 5.14 Å². The largest absolute Gasteiger partial charge is 0.295 e. The summed E-state index contributed by atoms with van der Waals surface area (Å²) < 4.78 is 22.9. The van der Waals surface area contributed by atoms with Crippen LogP contribution in [0.3, 0.4) is 0 Å². The van der Waals surface area contributed by atoms with Gasteiger partial charge in [-0.2, -0.15) is 0 Å². The number of rotatable bonds is 5. The molecule has 4 nitrogen and oxygen atoms in total. The van der Waals surface area contributed by atoms with E-state index in [0.717, 1.165) is 17.7 Å². The van der Waals surface area contributed by atoms with Crippen LogP contribution in [0.4, 0.5) is 0 Å². The predicted octanol–water partition coefficient (Wildman–Crippen LogP) is 3.18. The van der Waals surface area contributed by atoms with Crippen LogP contribution in [0.2, 0.25) is 5.02 Å². The molecule has 22 heavy (non-hydrogen) atoms. The fourth-order valence-corrected chi connectivity index (χ4v) is 2.92. The number of benzene rings is 2. The SMILES string of the molecule is C[C@@H](c1cccc(S(N)(=O)=O)c1)N(C)Cc1ccc(Cl)cc1. The highest BCUT2D eigenvalue weighted by Crippen LogP contribution is 2.23. The first-order valence-electron chi connectivity index (χ1n) is 6.85. The Morgan fingerprint density at radius 1 is 1.18 bits per heavy atom. The molecule has 0 aromatic heterocycles. The maximum absolute atomic E-state index is 11.5. The molecule has 0 fully saturated rings. The molecule has 118 valence electrons. The molecule has 0 saturated heterocycles. The summed E-state index contributed by atoms with van der Waals surface area (Å²) in [5, 5.41) is 5.89. The fraction of sp³-hybridized carbons (Fsp3) is 0.250. The molecule has 0 radical (unpaired) electrons. The first-order chi connectivity index (χ1) is 10.3. The van der Waals surface area contributed by atoms with Crippen LogP contribution in [-0.2, 0) is 16.6 Å². The van der Waals surface area contributed by atoms with Crippen molar-refractivity contribution in [1.29, 1.82) is 0 Å². The van der Waals surface area contributed by atoms with Crippen LogP contribution in [-0.4, -0.2) is 20.4 Å². The summed E-state index contributed by atoms with van der Waals surface area (Å²) in [6.45, 7) is 2.76. The van der Waals surface area contributed by atoms with Gasteiger partial charge in [-0.25, -0.2) is 13.6 Å². The lowest BCUT2D eigenvalue weighted by atomic mass is 10.1. The molecule has 0 aliphatic carbocycles. The van der Waals surface area contributed by atoms with Gasteiger partial charge in [0.05, 0.1) is 4.90 Å². The molecule has 0 aliphatic rings. The van der Waals surface area contributed by atoms with E-state index in [1.807, 2.05) is 44.3 Å². The van der Waals surface area contributed by atoms with Crippen LogP contribution < -0.4 is 5.14 Å². The van der Waals surface area contributed by atoms with E-state index >= 15 is 0 Å². The maximum atomic E-state index is 11.5. The lowest BCUT2D eigenvalue weighted by Gasteiger charge is -2.25. The fourth-order valence-electron chi connectivity index (χ4n) is 2.22. The summed E-state index contributed by atoms with van der Waals surface area (Å²) in [6.07, 6.45) is 0. The molecule has 0 spiro atoms. The molecule has 0 bridgehead atoms. The average Bonchev–Trinajstić information content (AvgIpc) is 2.48. The molecule has 1 atom stereocenters. The summed E-state index contributed by atoms with van der Waals surface area (Å²) in [4.78, 5) is 2.27. The molecule has 0 heterocycles. The first-order valence-corrected chi connectivity index (χ1v) is 8.77. The highest BCUT2D eigenvalue weighted by atomic mass is 35.5. The van der Waals surface area contributed by atoms with Crippen LogP contribution in [0.25, 0.3) is 0 Å². The Labute approximate surface area is 136 Å². The second-order valence-electron chi connectivity index (χ2n) is 5.34. The molecule has 0 saturated carbocycles. The highest BCUT2D eigenvalue weighted by Gasteiger charge is 2.15. The van der Waals surface area contributed by atoms with Crippen molar-refractivity contribution in [3.63, 3.8) is 0 Å². The van der Waals surface area contributed by atoms with Crippen molar-refractivity contribution >= 4 is 21.6 Å².